The molecule has 0 bridgehead atoms. The van der Waals surface area contributed by atoms with Crippen molar-refractivity contribution in [3.63, 3.8) is 0 Å². The average Bonchev–Trinajstić information content (AvgIpc) is 3.32. The number of aromatic nitrogens is 1. The van der Waals surface area contributed by atoms with Crippen molar-refractivity contribution >= 4 is 34.4 Å². The number of carbonyl (C=O) groups excluding carboxylic acids is 2. The molecule has 5 nitrogen and oxygen atoms in total. The van der Waals surface area contributed by atoms with E-state index in [4.69, 9.17) is 16.3 Å². The molecule has 1 unspecified atom stereocenters. The molecule has 30 heavy (non-hydrogen) atoms. The molecule has 1 heterocycles. The third-order valence-corrected chi connectivity index (χ3v) is 6.12. The molecule has 1 fully saturated rings. The Morgan fingerprint density at radius 3 is 2.60 bits per heavy atom. The fourth-order valence-electron chi connectivity index (χ4n) is 4.38. The minimum absolute atomic E-state index is 0.0323. The molecule has 1 aliphatic carbocycles. The first kappa shape index (κ1) is 20.5. The molecule has 1 saturated carbocycles. The van der Waals surface area contributed by atoms with Crippen LogP contribution in [0.2, 0.25) is 5.02 Å². The van der Waals surface area contributed by atoms with Crippen LogP contribution in [-0.2, 0) is 9.53 Å². The van der Waals surface area contributed by atoms with Crippen LogP contribution >= 0.6 is 11.6 Å². The van der Waals surface area contributed by atoms with Crippen molar-refractivity contribution in [3.05, 3.63) is 64.3 Å². The first-order valence-corrected chi connectivity index (χ1v) is 10.6. The van der Waals surface area contributed by atoms with Gasteiger partial charge >= 0.3 is 5.97 Å². The Hall–Kier alpha value is -2.79. The Balaban J connectivity index is 1.80. The Morgan fingerprint density at radius 2 is 1.90 bits per heavy atom. The number of aromatic hydroxyl groups is 1. The van der Waals surface area contributed by atoms with E-state index in [2.05, 4.69) is 0 Å². The van der Waals surface area contributed by atoms with Gasteiger partial charge in [0.2, 0.25) is 0 Å². The van der Waals surface area contributed by atoms with Crippen LogP contribution in [0, 0.1) is 6.92 Å². The zero-order chi connectivity index (χ0) is 21.4. The van der Waals surface area contributed by atoms with E-state index >= 15 is 0 Å². The molecule has 4 rings (SSSR count). The topological polar surface area (TPSA) is 68.5 Å². The van der Waals surface area contributed by atoms with E-state index in [1.54, 1.807) is 47.9 Å². The number of carbonyl (C=O) groups is 2. The number of esters is 1. The van der Waals surface area contributed by atoms with Gasteiger partial charge in [-0.15, -0.1) is 0 Å². The summed E-state index contributed by atoms with van der Waals surface area (Å²) < 4.78 is 7.30. The van der Waals surface area contributed by atoms with Gasteiger partial charge in [-0.3, -0.25) is 14.2 Å². The monoisotopic (exact) mass is 425 g/mol. The van der Waals surface area contributed by atoms with Crippen molar-refractivity contribution in [3.8, 4) is 5.75 Å². The maximum atomic E-state index is 13.3. The fourth-order valence-corrected chi connectivity index (χ4v) is 4.57. The third-order valence-electron chi connectivity index (χ3n) is 5.88. The predicted molar refractivity (Wildman–Crippen MR) is 116 cm³/mol. The van der Waals surface area contributed by atoms with Crippen LogP contribution in [0.3, 0.4) is 0 Å². The molecule has 0 aliphatic heterocycles. The normalized spacial score (nSPS) is 15.4. The van der Waals surface area contributed by atoms with E-state index in [1.807, 2.05) is 6.92 Å². The van der Waals surface area contributed by atoms with E-state index in [0.29, 0.717) is 32.7 Å². The van der Waals surface area contributed by atoms with Crippen molar-refractivity contribution in [1.29, 1.82) is 0 Å². The number of nitrogens with zero attached hydrogens (tertiary/aromatic N) is 1. The molecule has 1 atom stereocenters. The molecule has 1 aromatic heterocycles. The summed E-state index contributed by atoms with van der Waals surface area (Å²) in [6, 6.07) is 11.6. The molecular weight excluding hydrogens is 402 g/mol. The van der Waals surface area contributed by atoms with Gasteiger partial charge in [0.15, 0.2) is 0 Å². The molecule has 0 spiro atoms. The van der Waals surface area contributed by atoms with E-state index in [1.165, 1.54) is 6.07 Å². The van der Waals surface area contributed by atoms with E-state index in [0.717, 1.165) is 25.7 Å². The second kappa shape index (κ2) is 8.15. The summed E-state index contributed by atoms with van der Waals surface area (Å²) >= 11 is 6.08. The van der Waals surface area contributed by atoms with Gasteiger partial charge in [0.05, 0.1) is 11.4 Å². The number of phenols is 1. The van der Waals surface area contributed by atoms with Gasteiger partial charge < -0.3 is 9.84 Å². The summed E-state index contributed by atoms with van der Waals surface area (Å²) in [5.74, 6) is -1.04. The molecule has 6 heteroatoms. The highest BCUT2D eigenvalue weighted by Crippen LogP contribution is 2.36. The van der Waals surface area contributed by atoms with Gasteiger partial charge in [0.1, 0.15) is 11.9 Å². The van der Waals surface area contributed by atoms with Gasteiger partial charge in [0, 0.05) is 21.7 Å². The second-order valence-electron chi connectivity index (χ2n) is 7.92. The van der Waals surface area contributed by atoms with Crippen LogP contribution in [-0.4, -0.2) is 27.7 Å². The lowest BCUT2D eigenvalue weighted by Crippen LogP contribution is -2.20. The maximum absolute atomic E-state index is 13.3. The van der Waals surface area contributed by atoms with Crippen molar-refractivity contribution in [2.24, 2.45) is 0 Å². The number of hydrogen-bond donors (Lipinski definition) is 1. The summed E-state index contributed by atoms with van der Waals surface area (Å²) in [4.78, 5) is 26.2. The van der Waals surface area contributed by atoms with Gasteiger partial charge in [-0.2, -0.15) is 0 Å². The van der Waals surface area contributed by atoms with E-state index < -0.39 is 5.92 Å². The van der Waals surface area contributed by atoms with Crippen LogP contribution in [0.15, 0.2) is 42.5 Å². The molecule has 0 saturated heterocycles. The summed E-state index contributed by atoms with van der Waals surface area (Å²) in [5, 5.41) is 11.2. The zero-order valence-corrected chi connectivity index (χ0v) is 17.8. The van der Waals surface area contributed by atoms with Crippen LogP contribution < -0.4 is 0 Å². The van der Waals surface area contributed by atoms with Crippen LogP contribution in [0.25, 0.3) is 10.9 Å². The third kappa shape index (κ3) is 3.70. The summed E-state index contributed by atoms with van der Waals surface area (Å²) in [7, 11) is 0. The molecule has 2 aromatic carbocycles. The first-order chi connectivity index (χ1) is 14.4. The van der Waals surface area contributed by atoms with Crippen molar-refractivity contribution in [2.45, 2.75) is 51.6 Å². The number of phenolic OH excluding ortho intramolecular Hbond substituents is 1. The van der Waals surface area contributed by atoms with Crippen LogP contribution in [0.5, 0.6) is 5.75 Å². The molecular formula is C24H24ClNO4. The quantitative estimate of drug-likeness (QED) is 0.553. The molecule has 1 aliphatic rings. The summed E-state index contributed by atoms with van der Waals surface area (Å²) in [6.45, 7) is 3.60. The highest BCUT2D eigenvalue weighted by Gasteiger charge is 2.30. The van der Waals surface area contributed by atoms with Gasteiger partial charge in [-0.1, -0.05) is 17.7 Å². The standard InChI is InChI=1S/C24H24ClNO4/c1-14(24(29)30-19-8-3-4-9-19)22-15(2)26(21-11-10-18(27)13-20(21)22)23(28)16-6-5-7-17(25)12-16/h5-7,10-14,19,27H,3-4,8-9H2,1-2H3. The lowest BCUT2D eigenvalue weighted by Gasteiger charge is -2.17. The van der Waals surface area contributed by atoms with Crippen molar-refractivity contribution in [1.82, 2.24) is 4.57 Å². The summed E-state index contributed by atoms with van der Waals surface area (Å²) in [6.07, 6.45) is 3.91. The largest absolute Gasteiger partial charge is 0.508 e. The van der Waals surface area contributed by atoms with Crippen molar-refractivity contribution < 1.29 is 19.4 Å². The number of fused-ring (bicyclic) bond motifs is 1. The van der Waals surface area contributed by atoms with Gasteiger partial charge in [-0.05, 0) is 81.5 Å². The number of ether oxygens (including phenoxy) is 1. The lowest BCUT2D eigenvalue weighted by molar-refractivity contribution is -0.150. The highest BCUT2D eigenvalue weighted by molar-refractivity contribution is 6.31. The van der Waals surface area contributed by atoms with Crippen LogP contribution in [0.1, 0.15) is 60.1 Å². The fraction of sp³-hybridized carbons (Fsp3) is 0.333. The van der Waals surface area contributed by atoms with E-state index in [-0.39, 0.29) is 23.7 Å². The van der Waals surface area contributed by atoms with Gasteiger partial charge in [-0.25, -0.2) is 0 Å². The number of hydrogen-bond acceptors (Lipinski definition) is 4. The predicted octanol–water partition coefficient (Wildman–Crippen LogP) is 5.59. The second-order valence-corrected chi connectivity index (χ2v) is 8.35. The van der Waals surface area contributed by atoms with E-state index in [9.17, 15) is 14.7 Å². The number of halogens is 1. The molecule has 3 aromatic rings. The lowest BCUT2D eigenvalue weighted by atomic mass is 9.97. The van der Waals surface area contributed by atoms with Crippen molar-refractivity contribution in [2.75, 3.05) is 0 Å². The Kier molecular flexibility index (Phi) is 5.56. The average molecular weight is 426 g/mol. The Bertz CT molecular complexity index is 1130. The highest BCUT2D eigenvalue weighted by atomic mass is 35.5. The molecule has 1 N–H and O–H groups in total. The number of rotatable bonds is 4. The Labute approximate surface area is 180 Å². The smallest absolute Gasteiger partial charge is 0.313 e. The molecule has 156 valence electrons. The number of benzene rings is 2. The van der Waals surface area contributed by atoms with Crippen LogP contribution in [0.4, 0.5) is 0 Å². The molecule has 0 radical (unpaired) electrons. The SMILES string of the molecule is Cc1c(C(C)C(=O)OC2CCCC2)c2cc(O)ccc2n1C(=O)c1cccc(Cl)c1. The minimum atomic E-state index is -0.566. The first-order valence-electron chi connectivity index (χ1n) is 10.2. The minimum Gasteiger partial charge on any atom is -0.508 e. The summed E-state index contributed by atoms with van der Waals surface area (Å²) in [5.41, 5.74) is 2.42. The Morgan fingerprint density at radius 1 is 1.17 bits per heavy atom. The zero-order valence-electron chi connectivity index (χ0n) is 17.0. The molecule has 0 amide bonds. The van der Waals surface area contributed by atoms with Gasteiger partial charge in [0.25, 0.3) is 5.91 Å². The maximum Gasteiger partial charge on any atom is 0.313 e.